The van der Waals surface area contributed by atoms with Crippen molar-refractivity contribution in [2.24, 2.45) is 0 Å². The Morgan fingerprint density at radius 3 is 1.35 bits per heavy atom. The van der Waals surface area contributed by atoms with Crippen molar-refractivity contribution in [3.8, 4) is 11.5 Å². The molecule has 0 saturated carbocycles. The zero-order valence-corrected chi connectivity index (χ0v) is 17.2. The maximum absolute atomic E-state index is 6.57. The SMILES string of the molecule is C1=C(c2ccccc2)c2cccc(Oc3cccc4c3CC=C4c3ccccc3)c2C1. The van der Waals surface area contributed by atoms with Gasteiger partial charge in [0.05, 0.1) is 0 Å². The highest BCUT2D eigenvalue weighted by molar-refractivity contribution is 5.87. The summed E-state index contributed by atoms with van der Waals surface area (Å²) in [5.41, 5.74) is 10.2. The fourth-order valence-electron chi connectivity index (χ4n) is 4.78. The Bertz CT molecular complexity index is 1220. The third kappa shape index (κ3) is 3.10. The van der Waals surface area contributed by atoms with Crippen LogP contribution in [0.15, 0.2) is 109 Å². The topological polar surface area (TPSA) is 9.23 Å². The van der Waals surface area contributed by atoms with Gasteiger partial charge in [0.15, 0.2) is 0 Å². The molecule has 0 fully saturated rings. The second-order valence-corrected chi connectivity index (χ2v) is 8.04. The molecule has 1 nitrogen and oxygen atoms in total. The first-order valence-corrected chi connectivity index (χ1v) is 10.8. The van der Waals surface area contributed by atoms with Crippen LogP contribution in [-0.4, -0.2) is 0 Å². The van der Waals surface area contributed by atoms with Crippen molar-refractivity contribution in [2.75, 3.05) is 0 Å². The highest BCUT2D eigenvalue weighted by Crippen LogP contribution is 2.42. The van der Waals surface area contributed by atoms with Crippen molar-refractivity contribution in [3.63, 3.8) is 0 Å². The smallest absolute Gasteiger partial charge is 0.131 e. The molecule has 0 unspecified atom stereocenters. The Morgan fingerprint density at radius 2 is 0.903 bits per heavy atom. The first-order valence-electron chi connectivity index (χ1n) is 10.8. The van der Waals surface area contributed by atoms with E-state index in [2.05, 4.69) is 109 Å². The van der Waals surface area contributed by atoms with Gasteiger partial charge in [-0.3, -0.25) is 0 Å². The van der Waals surface area contributed by atoms with Gasteiger partial charge >= 0.3 is 0 Å². The molecule has 0 N–H and O–H groups in total. The molecule has 0 amide bonds. The number of ether oxygens (including phenoxy) is 1. The molecule has 0 aliphatic heterocycles. The monoisotopic (exact) mass is 398 g/mol. The highest BCUT2D eigenvalue weighted by Gasteiger charge is 2.22. The minimum atomic E-state index is 0.901. The van der Waals surface area contributed by atoms with Gasteiger partial charge in [0.1, 0.15) is 11.5 Å². The third-order valence-corrected chi connectivity index (χ3v) is 6.26. The van der Waals surface area contributed by atoms with E-state index < -0.39 is 0 Å². The van der Waals surface area contributed by atoms with Crippen molar-refractivity contribution in [2.45, 2.75) is 12.8 Å². The van der Waals surface area contributed by atoms with Crippen LogP contribution in [0.2, 0.25) is 0 Å². The summed E-state index contributed by atoms with van der Waals surface area (Å²) in [4.78, 5) is 0. The first-order chi connectivity index (χ1) is 15.4. The molecule has 4 aromatic carbocycles. The molecular formula is C30H22O. The van der Waals surface area contributed by atoms with Gasteiger partial charge in [0, 0.05) is 11.1 Å². The van der Waals surface area contributed by atoms with E-state index in [-0.39, 0.29) is 0 Å². The number of benzene rings is 4. The van der Waals surface area contributed by atoms with Crippen LogP contribution in [0, 0.1) is 0 Å². The van der Waals surface area contributed by atoms with Gasteiger partial charge in [-0.2, -0.15) is 0 Å². The van der Waals surface area contributed by atoms with E-state index in [1.807, 2.05) is 0 Å². The van der Waals surface area contributed by atoms with Crippen LogP contribution in [-0.2, 0) is 12.8 Å². The summed E-state index contributed by atoms with van der Waals surface area (Å²) >= 11 is 0. The Labute approximate surface area is 183 Å². The van der Waals surface area contributed by atoms with Crippen LogP contribution in [0.25, 0.3) is 11.1 Å². The Morgan fingerprint density at radius 1 is 0.452 bits per heavy atom. The second kappa shape index (κ2) is 7.45. The predicted octanol–water partition coefficient (Wildman–Crippen LogP) is 7.45. The second-order valence-electron chi connectivity index (χ2n) is 8.04. The lowest BCUT2D eigenvalue weighted by atomic mass is 9.98. The van der Waals surface area contributed by atoms with Crippen LogP contribution in [0.5, 0.6) is 11.5 Å². The number of allylic oxidation sites excluding steroid dienone is 2. The minimum absolute atomic E-state index is 0.901. The van der Waals surface area contributed by atoms with E-state index >= 15 is 0 Å². The van der Waals surface area contributed by atoms with Crippen molar-refractivity contribution in [1.82, 2.24) is 0 Å². The van der Waals surface area contributed by atoms with Crippen molar-refractivity contribution in [1.29, 1.82) is 0 Å². The summed E-state index contributed by atoms with van der Waals surface area (Å²) < 4.78 is 6.57. The van der Waals surface area contributed by atoms with Gasteiger partial charge in [0.25, 0.3) is 0 Å². The maximum Gasteiger partial charge on any atom is 0.131 e. The molecule has 0 saturated heterocycles. The molecule has 0 aromatic heterocycles. The van der Waals surface area contributed by atoms with Crippen molar-refractivity contribution in [3.05, 3.63) is 143 Å². The summed E-state index contributed by atoms with van der Waals surface area (Å²) in [6.07, 6.45) is 6.44. The first kappa shape index (κ1) is 18.0. The molecule has 4 aromatic rings. The molecule has 0 heterocycles. The molecule has 31 heavy (non-hydrogen) atoms. The van der Waals surface area contributed by atoms with Crippen LogP contribution >= 0.6 is 0 Å². The normalized spacial score (nSPS) is 13.9. The standard InChI is InChI=1S/C30H22O/c1-3-9-21(10-4-1)23-17-19-27-25(23)13-7-15-29(27)31-30-16-8-14-26-24(18-20-28(26)30)22-11-5-2-6-12-22/h1-18H,19-20H2. The van der Waals surface area contributed by atoms with E-state index in [4.69, 9.17) is 4.74 Å². The minimum Gasteiger partial charge on any atom is -0.457 e. The molecule has 6 rings (SSSR count). The molecule has 2 aliphatic carbocycles. The number of hydrogen-bond donors (Lipinski definition) is 0. The van der Waals surface area contributed by atoms with E-state index in [9.17, 15) is 0 Å². The molecule has 0 atom stereocenters. The lowest BCUT2D eigenvalue weighted by Crippen LogP contribution is -1.96. The van der Waals surface area contributed by atoms with E-state index in [0.29, 0.717) is 0 Å². The average Bonchev–Trinajstić information content (AvgIpc) is 3.46. The fraction of sp³-hybridized carbons (Fsp3) is 0.0667. The lowest BCUT2D eigenvalue weighted by molar-refractivity contribution is 0.473. The largest absolute Gasteiger partial charge is 0.457 e. The Balaban J connectivity index is 1.34. The Kier molecular flexibility index (Phi) is 4.32. The van der Waals surface area contributed by atoms with Crippen LogP contribution in [0.1, 0.15) is 33.4 Å². The molecule has 0 radical (unpaired) electrons. The van der Waals surface area contributed by atoms with Gasteiger partial charge in [-0.1, -0.05) is 97.1 Å². The number of rotatable bonds is 4. The van der Waals surface area contributed by atoms with Gasteiger partial charge in [-0.25, -0.2) is 0 Å². The van der Waals surface area contributed by atoms with E-state index in [1.54, 1.807) is 0 Å². The molecule has 148 valence electrons. The lowest BCUT2D eigenvalue weighted by Gasteiger charge is -2.15. The van der Waals surface area contributed by atoms with E-state index in [1.165, 1.54) is 44.5 Å². The van der Waals surface area contributed by atoms with Crippen LogP contribution in [0.3, 0.4) is 0 Å². The summed E-state index contributed by atoms with van der Waals surface area (Å²) in [5, 5.41) is 0. The quantitative estimate of drug-likeness (QED) is 0.347. The number of hydrogen-bond acceptors (Lipinski definition) is 1. The maximum atomic E-state index is 6.57. The predicted molar refractivity (Wildman–Crippen MR) is 127 cm³/mol. The van der Waals surface area contributed by atoms with Gasteiger partial charge in [-0.15, -0.1) is 0 Å². The summed E-state index contributed by atoms with van der Waals surface area (Å²) in [6.45, 7) is 0. The highest BCUT2D eigenvalue weighted by atomic mass is 16.5. The van der Waals surface area contributed by atoms with Gasteiger partial charge in [0.2, 0.25) is 0 Å². The summed E-state index contributed by atoms with van der Waals surface area (Å²) in [6, 6.07) is 34.0. The van der Waals surface area contributed by atoms with E-state index in [0.717, 1.165) is 24.3 Å². The van der Waals surface area contributed by atoms with Gasteiger partial charge < -0.3 is 4.74 Å². The molecule has 0 bridgehead atoms. The van der Waals surface area contributed by atoms with Gasteiger partial charge in [-0.05, 0) is 58.4 Å². The molecule has 2 aliphatic rings. The zero-order chi connectivity index (χ0) is 20.6. The summed E-state index contributed by atoms with van der Waals surface area (Å²) in [5.74, 6) is 1.92. The molecular weight excluding hydrogens is 376 g/mol. The summed E-state index contributed by atoms with van der Waals surface area (Å²) in [7, 11) is 0. The van der Waals surface area contributed by atoms with Crippen LogP contribution < -0.4 is 4.74 Å². The molecule has 0 spiro atoms. The fourth-order valence-corrected chi connectivity index (χ4v) is 4.78. The van der Waals surface area contributed by atoms with Crippen LogP contribution in [0.4, 0.5) is 0 Å². The Hall–Kier alpha value is -3.84. The zero-order valence-electron chi connectivity index (χ0n) is 17.2. The third-order valence-electron chi connectivity index (χ3n) is 6.26. The average molecular weight is 399 g/mol. The van der Waals surface area contributed by atoms with Crippen molar-refractivity contribution >= 4 is 11.1 Å². The molecule has 1 heteroatoms. The number of fused-ring (bicyclic) bond motifs is 2. The van der Waals surface area contributed by atoms with Crippen molar-refractivity contribution < 1.29 is 4.74 Å².